The summed E-state index contributed by atoms with van der Waals surface area (Å²) in [6.07, 6.45) is 0. The highest BCUT2D eigenvalue weighted by molar-refractivity contribution is 6.32. The lowest BCUT2D eigenvalue weighted by molar-refractivity contribution is -0.307. The largest absolute Gasteiger partial charge is 0.546 e. The topological polar surface area (TPSA) is 79.6 Å². The summed E-state index contributed by atoms with van der Waals surface area (Å²) in [6.45, 7) is 1.04. The zero-order valence-corrected chi connectivity index (χ0v) is 13.4. The van der Waals surface area contributed by atoms with Crippen LogP contribution in [0.4, 0.5) is 0 Å². The predicted octanol–water partition coefficient (Wildman–Crippen LogP) is 2.55. The van der Waals surface area contributed by atoms with E-state index in [2.05, 4.69) is 0 Å². The van der Waals surface area contributed by atoms with Crippen molar-refractivity contribution >= 4 is 28.5 Å². The molecular weight excluding hydrogens is 332 g/mol. The van der Waals surface area contributed by atoms with Gasteiger partial charge in [0.2, 0.25) is 11.2 Å². The number of benzene rings is 2. The van der Waals surface area contributed by atoms with Crippen LogP contribution in [0.1, 0.15) is 5.56 Å². The number of aryl methyl sites for hydroxylation is 1. The number of rotatable bonds is 4. The van der Waals surface area contributed by atoms with Crippen molar-refractivity contribution in [3.05, 3.63) is 63.3 Å². The van der Waals surface area contributed by atoms with Crippen molar-refractivity contribution in [3.63, 3.8) is 0 Å². The molecule has 0 radical (unpaired) electrons. The third-order valence-electron chi connectivity index (χ3n) is 3.50. The number of ether oxygens (including phenoxy) is 1. The monoisotopic (exact) mass is 343 g/mol. The molecule has 3 rings (SSSR count). The minimum Gasteiger partial charge on any atom is -0.546 e. The fourth-order valence-electron chi connectivity index (χ4n) is 2.34. The highest BCUT2D eigenvalue weighted by Gasteiger charge is 2.18. The summed E-state index contributed by atoms with van der Waals surface area (Å²) in [4.78, 5) is 23.4. The van der Waals surface area contributed by atoms with E-state index < -0.39 is 18.0 Å². The van der Waals surface area contributed by atoms with Crippen LogP contribution in [0.15, 0.2) is 51.7 Å². The molecule has 0 bridgehead atoms. The zero-order valence-electron chi connectivity index (χ0n) is 12.7. The van der Waals surface area contributed by atoms with E-state index in [1.807, 2.05) is 6.07 Å². The summed E-state index contributed by atoms with van der Waals surface area (Å²) in [6, 6.07) is 12.0. The minimum absolute atomic E-state index is 0.163. The molecule has 0 aliphatic carbocycles. The number of carboxylic acid groups (broad SMARTS) is 1. The first kappa shape index (κ1) is 16.1. The fraction of sp³-hybridized carbons (Fsp3) is 0.111. The Labute approximate surface area is 142 Å². The van der Waals surface area contributed by atoms with E-state index >= 15 is 0 Å². The lowest BCUT2D eigenvalue weighted by Crippen LogP contribution is -2.30. The van der Waals surface area contributed by atoms with Gasteiger partial charge in [0.25, 0.3) is 0 Å². The Morgan fingerprint density at radius 3 is 2.62 bits per heavy atom. The number of hydrogen-bond acceptors (Lipinski definition) is 5. The molecule has 24 heavy (non-hydrogen) atoms. The van der Waals surface area contributed by atoms with Gasteiger partial charge < -0.3 is 19.1 Å². The van der Waals surface area contributed by atoms with Gasteiger partial charge in [-0.3, -0.25) is 4.79 Å². The summed E-state index contributed by atoms with van der Waals surface area (Å²) >= 11 is 6.07. The number of carbonyl (C=O) groups excluding carboxylic acids is 1. The lowest BCUT2D eigenvalue weighted by Gasteiger charge is -2.12. The van der Waals surface area contributed by atoms with Crippen molar-refractivity contribution in [2.75, 3.05) is 6.61 Å². The molecule has 3 aromatic rings. The molecule has 0 saturated carbocycles. The molecule has 0 unspecified atom stereocenters. The van der Waals surface area contributed by atoms with E-state index in [1.54, 1.807) is 37.3 Å². The quantitative estimate of drug-likeness (QED) is 0.727. The Morgan fingerprint density at radius 1 is 1.25 bits per heavy atom. The molecule has 5 nitrogen and oxygen atoms in total. The third-order valence-corrected chi connectivity index (χ3v) is 3.91. The van der Waals surface area contributed by atoms with Gasteiger partial charge in [-0.05, 0) is 24.6 Å². The normalized spacial score (nSPS) is 10.8. The molecule has 0 aliphatic rings. The van der Waals surface area contributed by atoms with E-state index in [0.29, 0.717) is 16.2 Å². The summed E-state index contributed by atoms with van der Waals surface area (Å²) < 4.78 is 11.0. The van der Waals surface area contributed by atoms with E-state index in [0.717, 1.165) is 5.56 Å². The van der Waals surface area contributed by atoms with Crippen molar-refractivity contribution in [3.8, 4) is 17.1 Å². The number of aliphatic carboxylic acids is 1. The van der Waals surface area contributed by atoms with E-state index in [4.69, 9.17) is 20.8 Å². The smallest absolute Gasteiger partial charge is 0.235 e. The van der Waals surface area contributed by atoms with Crippen LogP contribution in [-0.4, -0.2) is 12.6 Å². The van der Waals surface area contributed by atoms with Crippen LogP contribution in [0.25, 0.3) is 22.3 Å². The number of fused-ring (bicyclic) bond motifs is 1. The molecule has 2 aromatic carbocycles. The standard InChI is InChI=1S/C18H13ClO5/c1-10-7-14-12(8-13(10)19)16(22)18(23-9-15(20)21)17(24-14)11-5-3-2-4-6-11/h2-8H,9H2,1H3,(H,20,21)/p-1. The Morgan fingerprint density at radius 2 is 1.96 bits per heavy atom. The second-order valence-corrected chi connectivity index (χ2v) is 5.62. The number of hydrogen-bond donors (Lipinski definition) is 0. The van der Waals surface area contributed by atoms with Gasteiger partial charge in [-0.1, -0.05) is 41.9 Å². The summed E-state index contributed by atoms with van der Waals surface area (Å²) in [5.41, 5.74) is 1.21. The average molecular weight is 344 g/mol. The molecule has 0 atom stereocenters. The van der Waals surface area contributed by atoms with Crippen LogP contribution >= 0.6 is 11.6 Å². The lowest BCUT2D eigenvalue weighted by atomic mass is 10.1. The van der Waals surface area contributed by atoms with Gasteiger partial charge in [-0.15, -0.1) is 0 Å². The van der Waals surface area contributed by atoms with Crippen LogP contribution in [0.2, 0.25) is 5.02 Å². The van der Waals surface area contributed by atoms with Crippen LogP contribution in [0, 0.1) is 6.92 Å². The second kappa shape index (κ2) is 6.37. The first-order valence-electron chi connectivity index (χ1n) is 7.12. The van der Waals surface area contributed by atoms with Gasteiger partial charge in [0, 0.05) is 10.6 Å². The van der Waals surface area contributed by atoms with Gasteiger partial charge in [0.15, 0.2) is 5.76 Å². The maximum Gasteiger partial charge on any atom is 0.235 e. The van der Waals surface area contributed by atoms with Gasteiger partial charge in [-0.25, -0.2) is 0 Å². The molecule has 0 amide bonds. The predicted molar refractivity (Wildman–Crippen MR) is 88.2 cm³/mol. The van der Waals surface area contributed by atoms with Crippen molar-refractivity contribution in [2.45, 2.75) is 6.92 Å². The SMILES string of the molecule is Cc1cc2oc(-c3ccccc3)c(OCC(=O)[O-])c(=O)c2cc1Cl. The van der Waals surface area contributed by atoms with Crippen molar-refractivity contribution in [2.24, 2.45) is 0 Å². The Balaban J connectivity index is 2.31. The Bertz CT molecular complexity index is 976. The van der Waals surface area contributed by atoms with Crippen LogP contribution < -0.4 is 15.3 Å². The second-order valence-electron chi connectivity index (χ2n) is 5.21. The zero-order chi connectivity index (χ0) is 17.3. The molecule has 0 aliphatic heterocycles. The van der Waals surface area contributed by atoms with Crippen LogP contribution in [-0.2, 0) is 4.79 Å². The van der Waals surface area contributed by atoms with Gasteiger partial charge in [0.05, 0.1) is 11.4 Å². The first-order chi connectivity index (χ1) is 11.5. The van der Waals surface area contributed by atoms with Crippen molar-refractivity contribution in [1.82, 2.24) is 0 Å². The maximum absolute atomic E-state index is 12.7. The fourth-order valence-corrected chi connectivity index (χ4v) is 2.50. The minimum atomic E-state index is -1.43. The summed E-state index contributed by atoms with van der Waals surface area (Å²) in [5, 5.41) is 11.3. The van der Waals surface area contributed by atoms with Gasteiger partial charge in [-0.2, -0.15) is 0 Å². The molecule has 6 heteroatoms. The number of halogens is 1. The van der Waals surface area contributed by atoms with Crippen molar-refractivity contribution in [1.29, 1.82) is 0 Å². The number of carbonyl (C=O) groups is 1. The molecule has 0 N–H and O–H groups in total. The highest BCUT2D eigenvalue weighted by Crippen LogP contribution is 2.32. The van der Waals surface area contributed by atoms with E-state index in [1.165, 1.54) is 6.07 Å². The molecule has 1 aromatic heterocycles. The third kappa shape index (κ3) is 2.98. The van der Waals surface area contributed by atoms with Crippen molar-refractivity contribution < 1.29 is 19.1 Å². The highest BCUT2D eigenvalue weighted by atomic mass is 35.5. The van der Waals surface area contributed by atoms with Crippen LogP contribution in [0.3, 0.4) is 0 Å². The summed E-state index contributed by atoms with van der Waals surface area (Å²) in [5.74, 6) is -1.45. The van der Waals surface area contributed by atoms with E-state index in [9.17, 15) is 14.7 Å². The molecule has 0 saturated heterocycles. The first-order valence-corrected chi connectivity index (χ1v) is 7.50. The maximum atomic E-state index is 12.7. The molecular formula is C18H12ClO5-. The molecule has 0 spiro atoms. The molecule has 1 heterocycles. The van der Waals surface area contributed by atoms with E-state index in [-0.39, 0.29) is 16.9 Å². The molecule has 122 valence electrons. The number of carboxylic acids is 1. The Kier molecular flexibility index (Phi) is 4.27. The van der Waals surface area contributed by atoms with Crippen LogP contribution in [0.5, 0.6) is 5.75 Å². The molecule has 0 fully saturated rings. The average Bonchev–Trinajstić information content (AvgIpc) is 2.56. The Hall–Kier alpha value is -2.79. The summed E-state index contributed by atoms with van der Waals surface area (Å²) in [7, 11) is 0. The van der Waals surface area contributed by atoms with Gasteiger partial charge >= 0.3 is 0 Å². The van der Waals surface area contributed by atoms with Gasteiger partial charge in [0.1, 0.15) is 12.2 Å².